The summed E-state index contributed by atoms with van der Waals surface area (Å²) in [7, 11) is 1.33. The molecular formula is C28H20ClNO4. The molecule has 3 aromatic carbocycles. The van der Waals surface area contributed by atoms with E-state index in [1.807, 2.05) is 41.3 Å². The first-order chi connectivity index (χ1) is 16.5. The van der Waals surface area contributed by atoms with Gasteiger partial charge in [-0.2, -0.15) is 0 Å². The third-order valence-electron chi connectivity index (χ3n) is 7.38. The third-order valence-corrected chi connectivity index (χ3v) is 7.64. The maximum atomic E-state index is 14.2. The molecule has 6 heteroatoms. The van der Waals surface area contributed by atoms with E-state index in [1.165, 1.54) is 7.11 Å². The van der Waals surface area contributed by atoms with Gasteiger partial charge in [0.1, 0.15) is 11.5 Å². The highest BCUT2D eigenvalue weighted by Crippen LogP contribution is 2.60. The average Bonchev–Trinajstić information content (AvgIpc) is 3.31. The van der Waals surface area contributed by atoms with Crippen molar-refractivity contribution in [1.29, 1.82) is 0 Å². The predicted molar refractivity (Wildman–Crippen MR) is 129 cm³/mol. The fourth-order valence-electron chi connectivity index (χ4n) is 6.05. The molecule has 0 N–H and O–H groups in total. The molecule has 3 aliphatic rings. The van der Waals surface area contributed by atoms with Crippen LogP contribution < -0.4 is 4.90 Å². The first-order valence-corrected chi connectivity index (χ1v) is 11.5. The quantitative estimate of drug-likeness (QED) is 0.392. The largest absolute Gasteiger partial charge is 0.467 e. The van der Waals surface area contributed by atoms with Crippen LogP contribution >= 0.6 is 11.6 Å². The van der Waals surface area contributed by atoms with Crippen LogP contribution in [0.3, 0.4) is 0 Å². The Hall–Kier alpha value is -3.70. The summed E-state index contributed by atoms with van der Waals surface area (Å²) in [6.07, 6.45) is 3.82. The number of carbonyl (C=O) groups is 3. The van der Waals surface area contributed by atoms with Crippen molar-refractivity contribution in [3.63, 3.8) is 0 Å². The number of esters is 1. The van der Waals surface area contributed by atoms with Gasteiger partial charge in [-0.25, -0.2) is 4.79 Å². The number of Topliss-reactive ketones (excluding diaryl/α,β-unsaturated/α-hetero) is 2. The number of hydrogen-bond donors (Lipinski definition) is 0. The van der Waals surface area contributed by atoms with Gasteiger partial charge in [-0.15, -0.1) is 0 Å². The number of nitrogens with zero attached hydrogens (tertiary/aromatic N) is 1. The SMILES string of the molecule is COC(=O)C1C(c2ccc(Cl)cc2)C2(C(=O)c3ccccc3C2=O)C2C=Cc3ccccc3N12. The number of carbonyl (C=O) groups excluding carboxylic acids is 3. The number of methoxy groups -OCH3 is 1. The van der Waals surface area contributed by atoms with Crippen molar-refractivity contribution >= 4 is 40.9 Å². The van der Waals surface area contributed by atoms with Crippen LogP contribution in [0.4, 0.5) is 5.69 Å². The van der Waals surface area contributed by atoms with Gasteiger partial charge in [0.15, 0.2) is 11.6 Å². The topological polar surface area (TPSA) is 63.7 Å². The van der Waals surface area contributed by atoms with Gasteiger partial charge in [-0.3, -0.25) is 9.59 Å². The van der Waals surface area contributed by atoms with E-state index in [-0.39, 0.29) is 11.6 Å². The zero-order valence-corrected chi connectivity index (χ0v) is 19.0. The van der Waals surface area contributed by atoms with E-state index in [0.29, 0.717) is 21.7 Å². The van der Waals surface area contributed by atoms with Crippen molar-refractivity contribution in [3.05, 3.63) is 106 Å². The second kappa shape index (κ2) is 7.40. The van der Waals surface area contributed by atoms with Crippen molar-refractivity contribution in [2.75, 3.05) is 12.0 Å². The Morgan fingerprint density at radius 3 is 2.18 bits per heavy atom. The molecule has 1 saturated heterocycles. The van der Waals surface area contributed by atoms with E-state index in [0.717, 1.165) is 11.3 Å². The van der Waals surface area contributed by atoms with E-state index in [9.17, 15) is 14.4 Å². The van der Waals surface area contributed by atoms with E-state index < -0.39 is 29.4 Å². The van der Waals surface area contributed by atoms with Gasteiger partial charge in [0.05, 0.1) is 13.2 Å². The van der Waals surface area contributed by atoms with Crippen molar-refractivity contribution in [1.82, 2.24) is 0 Å². The Morgan fingerprint density at radius 2 is 1.53 bits per heavy atom. The van der Waals surface area contributed by atoms with Crippen molar-refractivity contribution in [2.24, 2.45) is 5.41 Å². The Bertz CT molecular complexity index is 1360. The van der Waals surface area contributed by atoms with Crippen molar-refractivity contribution in [3.8, 4) is 0 Å². The second-order valence-electron chi connectivity index (χ2n) is 8.84. The minimum Gasteiger partial charge on any atom is -0.467 e. The number of fused-ring (bicyclic) bond motifs is 5. The summed E-state index contributed by atoms with van der Waals surface area (Å²) in [6, 6.07) is 20.1. The van der Waals surface area contributed by atoms with Gasteiger partial charge in [0, 0.05) is 27.8 Å². The molecule has 168 valence electrons. The molecule has 0 amide bonds. The maximum absolute atomic E-state index is 14.2. The van der Waals surface area contributed by atoms with Crippen LogP contribution in [0.25, 0.3) is 6.08 Å². The Morgan fingerprint density at radius 1 is 0.912 bits per heavy atom. The van der Waals surface area contributed by atoms with Gasteiger partial charge >= 0.3 is 5.97 Å². The average molecular weight is 470 g/mol. The third kappa shape index (κ3) is 2.53. The number of hydrogen-bond acceptors (Lipinski definition) is 5. The normalized spacial score (nSPS) is 23.6. The molecule has 0 saturated carbocycles. The van der Waals surface area contributed by atoms with Crippen LogP contribution in [0.15, 0.2) is 78.9 Å². The smallest absolute Gasteiger partial charge is 0.329 e. The fraction of sp³-hybridized carbons (Fsp3) is 0.179. The molecule has 34 heavy (non-hydrogen) atoms. The first-order valence-electron chi connectivity index (χ1n) is 11.1. The molecule has 3 atom stereocenters. The Labute approximate surface area is 201 Å². The van der Waals surface area contributed by atoms with Crippen LogP contribution in [0.5, 0.6) is 0 Å². The van der Waals surface area contributed by atoms with Crippen LogP contribution in [-0.2, 0) is 9.53 Å². The Kier molecular flexibility index (Phi) is 4.55. The molecule has 3 unspecified atom stereocenters. The monoisotopic (exact) mass is 469 g/mol. The lowest BCUT2D eigenvalue weighted by Crippen LogP contribution is -2.48. The lowest BCUT2D eigenvalue weighted by molar-refractivity contribution is -0.142. The summed E-state index contributed by atoms with van der Waals surface area (Å²) >= 11 is 6.17. The zero-order valence-electron chi connectivity index (χ0n) is 18.3. The molecule has 0 bridgehead atoms. The van der Waals surface area contributed by atoms with Gasteiger partial charge in [-0.1, -0.05) is 78.4 Å². The van der Waals surface area contributed by atoms with Crippen molar-refractivity contribution < 1.29 is 19.1 Å². The lowest BCUT2D eigenvalue weighted by Gasteiger charge is -2.36. The first kappa shape index (κ1) is 20.9. The fourth-order valence-corrected chi connectivity index (χ4v) is 6.18. The van der Waals surface area contributed by atoms with Crippen LogP contribution in [-0.4, -0.2) is 36.7 Å². The van der Waals surface area contributed by atoms with E-state index >= 15 is 0 Å². The van der Waals surface area contributed by atoms with E-state index in [4.69, 9.17) is 16.3 Å². The number of ketones is 2. The number of benzene rings is 3. The standard InChI is InChI=1S/C28H20ClNO4/c1-34-27(33)24-23(17-10-13-18(29)14-11-17)28(25(31)19-7-3-4-8-20(19)26(28)32)22-15-12-16-6-2-5-9-21(16)30(22)24/h2-15,22-24H,1H3. The van der Waals surface area contributed by atoms with E-state index in [2.05, 4.69) is 0 Å². The number of anilines is 1. The minimum atomic E-state index is -1.51. The highest BCUT2D eigenvalue weighted by atomic mass is 35.5. The highest BCUT2D eigenvalue weighted by Gasteiger charge is 2.71. The number of ether oxygens (including phenoxy) is 1. The molecule has 0 radical (unpaired) electrons. The molecule has 1 spiro atoms. The molecular weight excluding hydrogens is 450 g/mol. The van der Waals surface area contributed by atoms with Crippen LogP contribution in [0, 0.1) is 5.41 Å². The highest BCUT2D eigenvalue weighted by molar-refractivity contribution is 6.32. The number of halogens is 1. The zero-order chi connectivity index (χ0) is 23.6. The second-order valence-corrected chi connectivity index (χ2v) is 9.28. The van der Waals surface area contributed by atoms with Crippen LogP contribution in [0.2, 0.25) is 5.02 Å². The van der Waals surface area contributed by atoms with Crippen LogP contribution in [0.1, 0.15) is 37.8 Å². The summed E-state index contributed by atoms with van der Waals surface area (Å²) < 4.78 is 5.27. The summed E-state index contributed by atoms with van der Waals surface area (Å²) in [5, 5.41) is 0.528. The maximum Gasteiger partial charge on any atom is 0.329 e. The van der Waals surface area contributed by atoms with Gasteiger partial charge in [0.25, 0.3) is 0 Å². The van der Waals surface area contributed by atoms with Crippen molar-refractivity contribution in [2.45, 2.75) is 18.0 Å². The molecule has 0 aromatic heterocycles. The molecule has 6 rings (SSSR count). The van der Waals surface area contributed by atoms with Gasteiger partial charge < -0.3 is 9.64 Å². The van der Waals surface area contributed by atoms with Gasteiger partial charge in [-0.05, 0) is 29.3 Å². The number of rotatable bonds is 2. The van der Waals surface area contributed by atoms with E-state index in [1.54, 1.807) is 48.5 Å². The molecule has 3 aromatic rings. The lowest BCUT2D eigenvalue weighted by atomic mass is 9.65. The molecule has 2 aliphatic heterocycles. The number of para-hydroxylation sites is 1. The Balaban J connectivity index is 1.69. The molecule has 1 aliphatic carbocycles. The molecule has 1 fully saturated rings. The minimum absolute atomic E-state index is 0.265. The summed E-state index contributed by atoms with van der Waals surface area (Å²) in [4.78, 5) is 43.8. The summed E-state index contributed by atoms with van der Waals surface area (Å²) in [5.41, 5.74) is 1.66. The molecule has 2 heterocycles. The predicted octanol–water partition coefficient (Wildman–Crippen LogP) is 4.95. The summed E-state index contributed by atoms with van der Waals surface area (Å²) in [6.45, 7) is 0. The summed E-state index contributed by atoms with van der Waals surface area (Å²) in [5.74, 6) is -1.80. The molecule has 5 nitrogen and oxygen atoms in total. The van der Waals surface area contributed by atoms with Gasteiger partial charge in [0.2, 0.25) is 0 Å².